The summed E-state index contributed by atoms with van der Waals surface area (Å²) in [6, 6.07) is 4.61. The van der Waals surface area contributed by atoms with Crippen LogP contribution >= 0.6 is 11.8 Å². The maximum atomic E-state index is 13.0. The lowest BCUT2D eigenvalue weighted by Gasteiger charge is -2.26. The molecule has 2 nitrogen and oxygen atoms in total. The van der Waals surface area contributed by atoms with E-state index in [9.17, 15) is 35.5 Å². The maximum Gasteiger partial charge on any atom is 0.460 e. The van der Waals surface area contributed by atoms with E-state index in [1.54, 1.807) is 6.26 Å². The average Bonchev–Trinajstić information content (AvgIpc) is 2.38. The summed E-state index contributed by atoms with van der Waals surface area (Å²) in [5.74, 6) is -16.1. The molecule has 0 saturated heterocycles. The van der Waals surface area contributed by atoms with Crippen LogP contribution in [0.25, 0.3) is 0 Å². The zero-order valence-electron chi connectivity index (χ0n) is 10.2. The highest BCUT2D eigenvalue weighted by Gasteiger charge is 2.77. The van der Waals surface area contributed by atoms with Gasteiger partial charge in [0.05, 0.1) is 0 Å². The zero-order chi connectivity index (χ0) is 16.5. The molecule has 1 aromatic carbocycles. The van der Waals surface area contributed by atoms with E-state index in [4.69, 9.17) is 0 Å². The molecule has 0 aliphatic rings. The van der Waals surface area contributed by atoms with Crippen molar-refractivity contribution in [2.75, 3.05) is 6.26 Å². The summed E-state index contributed by atoms with van der Waals surface area (Å²) >= 11 is 1.25. The molecule has 1 rings (SSSR count). The molecule has 1 aromatic rings. The molecule has 10 heteroatoms. The third-order valence-electron chi connectivity index (χ3n) is 2.28. The minimum atomic E-state index is -6.59. The van der Waals surface area contributed by atoms with E-state index >= 15 is 0 Å². The molecule has 0 spiro atoms. The van der Waals surface area contributed by atoms with Crippen LogP contribution in [-0.4, -0.2) is 30.2 Å². The summed E-state index contributed by atoms with van der Waals surface area (Å²) in [6.07, 6.45) is -4.91. The first kappa shape index (κ1) is 17.6. The van der Waals surface area contributed by atoms with E-state index in [2.05, 4.69) is 4.74 Å². The number of carbonyl (C=O) groups is 1. The molecular formula is C11H7F7O2S. The number of carbonyl (C=O) groups excluding carboxylic acids is 1. The van der Waals surface area contributed by atoms with Crippen molar-refractivity contribution in [3.63, 3.8) is 0 Å². The number of thioether (sulfide) groups is 1. The largest absolute Gasteiger partial charge is 0.460 e. The van der Waals surface area contributed by atoms with Gasteiger partial charge in [0, 0.05) is 4.90 Å². The summed E-state index contributed by atoms with van der Waals surface area (Å²) < 4.78 is 90.7. The van der Waals surface area contributed by atoms with Gasteiger partial charge in [0.1, 0.15) is 5.75 Å². The molecule has 0 atom stereocenters. The van der Waals surface area contributed by atoms with Gasteiger partial charge < -0.3 is 4.74 Å². The second-order valence-electron chi connectivity index (χ2n) is 3.71. The van der Waals surface area contributed by atoms with E-state index in [1.807, 2.05) is 0 Å². The molecule has 0 radical (unpaired) electrons. The smallest absolute Gasteiger partial charge is 0.422 e. The van der Waals surface area contributed by atoms with Crippen molar-refractivity contribution < 1.29 is 40.3 Å². The van der Waals surface area contributed by atoms with Gasteiger partial charge in [-0.15, -0.1) is 11.8 Å². The van der Waals surface area contributed by atoms with Crippen LogP contribution in [0.15, 0.2) is 29.2 Å². The molecule has 0 aliphatic heterocycles. The standard InChI is InChI=1S/C11H7F7O2S/c1-21-7-4-2-6(3-5-7)20-8(19)9(12,13)10(14,15)11(16,17)18/h2-5H,1H3. The van der Waals surface area contributed by atoms with Crippen LogP contribution in [0, 0.1) is 0 Å². The minimum absolute atomic E-state index is 0.574. The van der Waals surface area contributed by atoms with Crippen LogP contribution < -0.4 is 4.74 Å². The van der Waals surface area contributed by atoms with Crippen molar-refractivity contribution >= 4 is 17.7 Å². The summed E-state index contributed by atoms with van der Waals surface area (Å²) in [6.45, 7) is 0. The Balaban J connectivity index is 2.96. The fraction of sp³-hybridized carbons (Fsp3) is 0.364. The van der Waals surface area contributed by atoms with E-state index in [0.29, 0.717) is 4.90 Å². The number of alkyl halides is 7. The molecule has 0 saturated carbocycles. The molecule has 0 fully saturated rings. The summed E-state index contributed by atoms with van der Waals surface area (Å²) in [5, 5.41) is 0. The second kappa shape index (κ2) is 5.74. The number of hydrogen-bond donors (Lipinski definition) is 0. The van der Waals surface area contributed by atoms with E-state index in [0.717, 1.165) is 12.1 Å². The molecule has 118 valence electrons. The van der Waals surface area contributed by atoms with Crippen molar-refractivity contribution in [3.8, 4) is 5.75 Å². The Morgan fingerprint density at radius 1 is 1.00 bits per heavy atom. The number of rotatable bonds is 4. The number of ether oxygens (including phenoxy) is 1. The number of halogens is 7. The van der Waals surface area contributed by atoms with Crippen LogP contribution in [0.4, 0.5) is 30.7 Å². The van der Waals surface area contributed by atoms with Gasteiger partial charge in [-0.05, 0) is 30.5 Å². The summed E-state index contributed by atoms with van der Waals surface area (Å²) in [4.78, 5) is 11.6. The zero-order valence-corrected chi connectivity index (χ0v) is 11.0. The van der Waals surface area contributed by atoms with Crippen LogP contribution in [0.5, 0.6) is 5.75 Å². The fourth-order valence-electron chi connectivity index (χ4n) is 1.12. The second-order valence-corrected chi connectivity index (χ2v) is 4.59. The van der Waals surface area contributed by atoms with Crippen molar-refractivity contribution in [1.82, 2.24) is 0 Å². The Hall–Kier alpha value is -1.45. The highest BCUT2D eigenvalue weighted by Crippen LogP contribution is 2.47. The number of benzene rings is 1. The van der Waals surface area contributed by atoms with Crippen LogP contribution in [-0.2, 0) is 4.79 Å². The minimum Gasteiger partial charge on any atom is -0.422 e. The Labute approximate surface area is 118 Å². The molecule has 0 unspecified atom stereocenters. The predicted molar refractivity (Wildman–Crippen MR) is 59.8 cm³/mol. The van der Waals surface area contributed by atoms with Gasteiger partial charge in [-0.3, -0.25) is 0 Å². The Morgan fingerprint density at radius 2 is 1.48 bits per heavy atom. The third-order valence-corrected chi connectivity index (χ3v) is 3.02. The topological polar surface area (TPSA) is 26.3 Å². The Kier molecular flexibility index (Phi) is 4.81. The molecule has 0 heterocycles. The van der Waals surface area contributed by atoms with Crippen LogP contribution in [0.2, 0.25) is 0 Å². The lowest BCUT2D eigenvalue weighted by atomic mass is 10.1. The van der Waals surface area contributed by atoms with Crippen LogP contribution in [0.1, 0.15) is 0 Å². The number of hydrogen-bond acceptors (Lipinski definition) is 3. The van der Waals surface area contributed by atoms with E-state index < -0.39 is 29.7 Å². The first-order chi connectivity index (χ1) is 9.43. The fourth-order valence-corrected chi connectivity index (χ4v) is 1.53. The first-order valence-electron chi connectivity index (χ1n) is 5.12. The summed E-state index contributed by atoms with van der Waals surface area (Å²) in [7, 11) is 0. The molecule has 0 aromatic heterocycles. The molecule has 0 bridgehead atoms. The molecule has 0 N–H and O–H groups in total. The van der Waals surface area contributed by atoms with Crippen molar-refractivity contribution in [2.45, 2.75) is 22.9 Å². The van der Waals surface area contributed by atoms with Gasteiger partial charge in [-0.2, -0.15) is 30.7 Å². The average molecular weight is 336 g/mol. The van der Waals surface area contributed by atoms with Gasteiger partial charge in [0.25, 0.3) is 0 Å². The predicted octanol–water partition coefficient (Wildman–Crippen LogP) is 4.15. The molecule has 0 aliphatic carbocycles. The van der Waals surface area contributed by atoms with E-state index in [1.165, 1.54) is 23.9 Å². The van der Waals surface area contributed by atoms with Gasteiger partial charge in [-0.1, -0.05) is 0 Å². The quantitative estimate of drug-likeness (QED) is 0.358. The van der Waals surface area contributed by atoms with E-state index in [-0.39, 0.29) is 0 Å². The normalized spacial score (nSPS) is 13.1. The highest BCUT2D eigenvalue weighted by molar-refractivity contribution is 7.98. The van der Waals surface area contributed by atoms with Gasteiger partial charge in [0.2, 0.25) is 0 Å². The monoisotopic (exact) mass is 336 g/mol. The highest BCUT2D eigenvalue weighted by atomic mass is 32.2. The lowest BCUT2D eigenvalue weighted by Crippen LogP contribution is -2.57. The van der Waals surface area contributed by atoms with Crippen molar-refractivity contribution in [1.29, 1.82) is 0 Å². The molecular weight excluding hydrogens is 329 g/mol. The van der Waals surface area contributed by atoms with Gasteiger partial charge >= 0.3 is 24.0 Å². The molecule has 0 amide bonds. The number of esters is 1. The first-order valence-corrected chi connectivity index (χ1v) is 6.34. The SMILES string of the molecule is CSc1ccc(OC(=O)C(F)(F)C(F)(F)C(F)(F)F)cc1. The van der Waals surface area contributed by atoms with Crippen molar-refractivity contribution in [2.24, 2.45) is 0 Å². The molecule has 21 heavy (non-hydrogen) atoms. The Bertz CT molecular complexity index is 510. The van der Waals surface area contributed by atoms with Crippen molar-refractivity contribution in [3.05, 3.63) is 24.3 Å². The van der Waals surface area contributed by atoms with Gasteiger partial charge in [0.15, 0.2) is 0 Å². The maximum absolute atomic E-state index is 13.0. The Morgan fingerprint density at radius 3 is 1.86 bits per heavy atom. The van der Waals surface area contributed by atoms with Gasteiger partial charge in [-0.25, -0.2) is 4.79 Å². The van der Waals surface area contributed by atoms with Crippen LogP contribution in [0.3, 0.4) is 0 Å². The summed E-state index contributed by atoms with van der Waals surface area (Å²) in [5.41, 5.74) is 0. The lowest BCUT2D eigenvalue weighted by molar-refractivity contribution is -0.346. The third kappa shape index (κ3) is 3.42.